The van der Waals surface area contributed by atoms with Crippen molar-refractivity contribution in [2.45, 2.75) is 39.3 Å². The minimum atomic E-state index is 0.0105. The molecule has 0 radical (unpaired) electrons. The zero-order chi connectivity index (χ0) is 17.8. The van der Waals surface area contributed by atoms with Crippen LogP contribution in [0.1, 0.15) is 38.8 Å². The van der Waals surface area contributed by atoms with Crippen LogP contribution in [0.3, 0.4) is 0 Å². The van der Waals surface area contributed by atoms with E-state index in [4.69, 9.17) is 4.74 Å². The number of nitrogens with one attached hydrogen (secondary N) is 1. The van der Waals surface area contributed by atoms with E-state index in [1.807, 2.05) is 26.0 Å². The first-order valence-electron chi connectivity index (χ1n) is 8.65. The number of ether oxygens (including phenoxy) is 1. The molecule has 134 valence electrons. The molecular weight excluding hydrogens is 334 g/mol. The molecule has 1 atom stereocenters. The summed E-state index contributed by atoms with van der Waals surface area (Å²) in [6.45, 7) is 6.64. The van der Waals surface area contributed by atoms with Crippen molar-refractivity contribution in [1.82, 2.24) is 15.2 Å². The van der Waals surface area contributed by atoms with Crippen molar-refractivity contribution >= 4 is 17.2 Å². The van der Waals surface area contributed by atoms with Crippen LogP contribution in [0, 0.1) is 13.8 Å². The Morgan fingerprint density at radius 2 is 2.28 bits per heavy atom. The summed E-state index contributed by atoms with van der Waals surface area (Å²) in [5.74, 6) is 0.895. The molecule has 0 aliphatic carbocycles. The second-order valence-electron chi connectivity index (χ2n) is 6.55. The molecule has 2 aromatic rings. The first-order chi connectivity index (χ1) is 12.0. The van der Waals surface area contributed by atoms with Crippen molar-refractivity contribution in [1.29, 1.82) is 0 Å². The van der Waals surface area contributed by atoms with Gasteiger partial charge in [-0.15, -0.1) is 11.3 Å². The van der Waals surface area contributed by atoms with E-state index in [0.29, 0.717) is 0 Å². The largest absolute Gasteiger partial charge is 0.497 e. The quantitative estimate of drug-likeness (QED) is 0.891. The number of carbonyl (C=O) groups is 1. The lowest BCUT2D eigenvalue weighted by atomic mass is 10.0. The van der Waals surface area contributed by atoms with Gasteiger partial charge < -0.3 is 10.1 Å². The van der Waals surface area contributed by atoms with Gasteiger partial charge >= 0.3 is 0 Å². The molecule has 25 heavy (non-hydrogen) atoms. The average molecular weight is 359 g/mol. The third kappa shape index (κ3) is 4.58. The Labute approximate surface area is 153 Å². The summed E-state index contributed by atoms with van der Waals surface area (Å²) in [6, 6.07) is 8.36. The second kappa shape index (κ2) is 7.97. The Balaban J connectivity index is 1.59. The van der Waals surface area contributed by atoms with E-state index in [1.165, 1.54) is 16.9 Å². The fourth-order valence-electron chi connectivity index (χ4n) is 3.34. The fraction of sp³-hybridized carbons (Fsp3) is 0.474. The Morgan fingerprint density at radius 3 is 3.00 bits per heavy atom. The van der Waals surface area contributed by atoms with Gasteiger partial charge in [-0.25, -0.2) is 4.98 Å². The van der Waals surface area contributed by atoms with E-state index in [-0.39, 0.29) is 11.9 Å². The molecule has 3 rings (SSSR count). The molecule has 2 heterocycles. The summed E-state index contributed by atoms with van der Waals surface area (Å²) in [7, 11) is 1.69. The normalized spacial score (nSPS) is 18.1. The lowest BCUT2D eigenvalue weighted by molar-refractivity contribution is 0.0904. The molecule has 0 bridgehead atoms. The van der Waals surface area contributed by atoms with Crippen LogP contribution in [0.25, 0.3) is 0 Å². The summed E-state index contributed by atoms with van der Waals surface area (Å²) >= 11 is 1.47. The first-order valence-corrected chi connectivity index (χ1v) is 9.47. The molecule has 1 fully saturated rings. The number of rotatable bonds is 5. The number of aryl methyl sites for hydroxylation is 2. The maximum atomic E-state index is 12.5. The van der Waals surface area contributed by atoms with E-state index in [0.717, 1.165) is 53.8 Å². The van der Waals surface area contributed by atoms with E-state index in [2.05, 4.69) is 27.3 Å². The number of nitrogens with zero attached hydrogens (tertiary/aromatic N) is 2. The van der Waals surface area contributed by atoms with Gasteiger partial charge in [0.1, 0.15) is 10.6 Å². The molecule has 1 aliphatic heterocycles. The van der Waals surface area contributed by atoms with Gasteiger partial charge in [0, 0.05) is 19.1 Å². The summed E-state index contributed by atoms with van der Waals surface area (Å²) in [6.07, 6.45) is 2.12. The summed E-state index contributed by atoms with van der Waals surface area (Å²) in [5, 5.41) is 4.13. The van der Waals surface area contributed by atoms with Gasteiger partial charge in [-0.3, -0.25) is 9.69 Å². The lowest BCUT2D eigenvalue weighted by Gasteiger charge is -2.33. The highest BCUT2D eigenvalue weighted by molar-refractivity contribution is 7.13. The van der Waals surface area contributed by atoms with Crippen molar-refractivity contribution < 1.29 is 9.53 Å². The number of methoxy groups -OCH3 is 1. The number of hydrogen-bond donors (Lipinski definition) is 1. The SMILES string of the molecule is COc1cccc(CN2CCC[C@@H](NC(=O)c3sc(C)nc3C)C2)c1. The molecule has 1 aromatic carbocycles. The van der Waals surface area contributed by atoms with Crippen molar-refractivity contribution in [3.05, 3.63) is 45.4 Å². The maximum Gasteiger partial charge on any atom is 0.263 e. The Hall–Kier alpha value is -1.92. The molecule has 5 nitrogen and oxygen atoms in total. The minimum Gasteiger partial charge on any atom is -0.497 e. The number of benzene rings is 1. The molecule has 1 saturated heterocycles. The van der Waals surface area contributed by atoms with E-state index in [1.54, 1.807) is 7.11 Å². The van der Waals surface area contributed by atoms with Crippen molar-refractivity contribution in [3.8, 4) is 5.75 Å². The standard InChI is InChI=1S/C19H25N3O2S/c1-13-18(25-14(2)20-13)19(23)21-16-7-5-9-22(12-16)11-15-6-4-8-17(10-15)24-3/h4,6,8,10,16H,5,7,9,11-12H2,1-3H3,(H,21,23)/t16-/m1/s1. The molecule has 1 aromatic heterocycles. The molecule has 0 unspecified atom stereocenters. The third-order valence-corrected chi connectivity index (χ3v) is 5.56. The number of amides is 1. The van der Waals surface area contributed by atoms with Crippen LogP contribution >= 0.6 is 11.3 Å². The Morgan fingerprint density at radius 1 is 1.44 bits per heavy atom. The van der Waals surface area contributed by atoms with Gasteiger partial charge in [0.15, 0.2) is 0 Å². The molecule has 1 N–H and O–H groups in total. The molecule has 0 spiro atoms. The van der Waals surface area contributed by atoms with Crippen LogP contribution in [0.5, 0.6) is 5.75 Å². The Kier molecular flexibility index (Phi) is 5.71. The van der Waals surface area contributed by atoms with Gasteiger partial charge in [-0.1, -0.05) is 12.1 Å². The molecule has 1 aliphatic rings. The summed E-state index contributed by atoms with van der Waals surface area (Å²) < 4.78 is 5.30. The number of hydrogen-bond acceptors (Lipinski definition) is 5. The van der Waals surface area contributed by atoms with Crippen LogP contribution in [0.2, 0.25) is 0 Å². The van der Waals surface area contributed by atoms with Crippen LogP contribution in [0.15, 0.2) is 24.3 Å². The van der Waals surface area contributed by atoms with Gasteiger partial charge in [-0.05, 0) is 50.9 Å². The molecule has 6 heteroatoms. The predicted molar refractivity (Wildman–Crippen MR) is 100 cm³/mol. The van der Waals surface area contributed by atoms with Gasteiger partial charge in [0.05, 0.1) is 17.8 Å². The lowest BCUT2D eigenvalue weighted by Crippen LogP contribution is -2.47. The van der Waals surface area contributed by atoms with Crippen LogP contribution in [-0.4, -0.2) is 42.0 Å². The Bertz CT molecular complexity index is 744. The highest BCUT2D eigenvalue weighted by atomic mass is 32.1. The van der Waals surface area contributed by atoms with Crippen molar-refractivity contribution in [2.24, 2.45) is 0 Å². The fourth-order valence-corrected chi connectivity index (χ4v) is 4.16. The highest BCUT2D eigenvalue weighted by Gasteiger charge is 2.23. The molecular formula is C19H25N3O2S. The number of likely N-dealkylation sites (tertiary alicyclic amines) is 1. The summed E-state index contributed by atoms with van der Waals surface area (Å²) in [4.78, 5) is 20.0. The highest BCUT2D eigenvalue weighted by Crippen LogP contribution is 2.20. The number of carbonyl (C=O) groups excluding carboxylic acids is 1. The summed E-state index contributed by atoms with van der Waals surface area (Å²) in [5.41, 5.74) is 2.06. The number of aromatic nitrogens is 1. The van der Waals surface area contributed by atoms with Crippen molar-refractivity contribution in [2.75, 3.05) is 20.2 Å². The first kappa shape index (κ1) is 17.9. The second-order valence-corrected chi connectivity index (χ2v) is 7.75. The van der Waals surface area contributed by atoms with E-state index >= 15 is 0 Å². The zero-order valence-corrected chi connectivity index (χ0v) is 15.9. The number of thiazole rings is 1. The zero-order valence-electron chi connectivity index (χ0n) is 15.0. The van der Waals surface area contributed by atoms with Gasteiger partial charge in [0.2, 0.25) is 0 Å². The molecule has 1 amide bonds. The maximum absolute atomic E-state index is 12.5. The topological polar surface area (TPSA) is 54.5 Å². The van der Waals surface area contributed by atoms with Crippen LogP contribution in [-0.2, 0) is 6.54 Å². The monoisotopic (exact) mass is 359 g/mol. The number of piperidine rings is 1. The predicted octanol–water partition coefficient (Wildman–Crippen LogP) is 3.16. The van der Waals surface area contributed by atoms with Crippen LogP contribution in [0.4, 0.5) is 0 Å². The van der Waals surface area contributed by atoms with E-state index in [9.17, 15) is 4.79 Å². The smallest absolute Gasteiger partial charge is 0.263 e. The third-order valence-electron chi connectivity index (χ3n) is 4.49. The average Bonchev–Trinajstić information content (AvgIpc) is 2.94. The molecule has 0 saturated carbocycles. The van der Waals surface area contributed by atoms with Gasteiger partial charge in [0.25, 0.3) is 5.91 Å². The van der Waals surface area contributed by atoms with Crippen molar-refractivity contribution in [3.63, 3.8) is 0 Å². The van der Waals surface area contributed by atoms with E-state index < -0.39 is 0 Å². The van der Waals surface area contributed by atoms with Gasteiger partial charge in [-0.2, -0.15) is 0 Å². The van der Waals surface area contributed by atoms with Crippen LogP contribution < -0.4 is 10.1 Å². The minimum absolute atomic E-state index is 0.0105.